The summed E-state index contributed by atoms with van der Waals surface area (Å²) in [5, 5.41) is 9.75. The van der Waals surface area contributed by atoms with Gasteiger partial charge in [-0.1, -0.05) is 97.1 Å². The molecule has 0 aliphatic carbocycles. The molecule has 2 heteroatoms. The number of methoxy groups -OCH3 is 2. The molecule has 182 valence electrons. The van der Waals surface area contributed by atoms with Crippen molar-refractivity contribution in [3.8, 4) is 33.8 Å². The number of benzene rings is 7. The van der Waals surface area contributed by atoms with Crippen molar-refractivity contribution >= 4 is 43.1 Å². The van der Waals surface area contributed by atoms with Gasteiger partial charge in [0.15, 0.2) is 0 Å². The van der Waals surface area contributed by atoms with E-state index in [1.54, 1.807) is 14.2 Å². The summed E-state index contributed by atoms with van der Waals surface area (Å²) in [5.74, 6) is 1.74. The Morgan fingerprint density at radius 2 is 0.763 bits per heavy atom. The molecule has 0 aliphatic heterocycles. The molecule has 0 unspecified atom stereocenters. The Morgan fingerprint density at radius 3 is 1.13 bits per heavy atom. The second-order valence-corrected chi connectivity index (χ2v) is 9.63. The molecule has 0 heterocycles. The summed E-state index contributed by atoms with van der Waals surface area (Å²) in [6.45, 7) is 0. The second kappa shape index (κ2) is 8.93. The van der Waals surface area contributed by atoms with Gasteiger partial charge in [-0.3, -0.25) is 0 Å². The minimum Gasteiger partial charge on any atom is -0.497 e. The van der Waals surface area contributed by atoms with E-state index in [1.165, 1.54) is 65.3 Å². The Labute approximate surface area is 221 Å². The summed E-state index contributed by atoms with van der Waals surface area (Å²) in [7, 11) is 3.43. The van der Waals surface area contributed by atoms with Gasteiger partial charge in [-0.2, -0.15) is 0 Å². The van der Waals surface area contributed by atoms with Crippen molar-refractivity contribution < 1.29 is 9.47 Å². The van der Waals surface area contributed by atoms with Crippen LogP contribution in [0.3, 0.4) is 0 Å². The topological polar surface area (TPSA) is 18.5 Å². The lowest BCUT2D eigenvalue weighted by molar-refractivity contribution is 0.415. The molecule has 2 nitrogen and oxygen atoms in total. The van der Waals surface area contributed by atoms with Crippen molar-refractivity contribution in [1.82, 2.24) is 0 Å². The summed E-state index contributed by atoms with van der Waals surface area (Å²) in [6.07, 6.45) is 0. The summed E-state index contributed by atoms with van der Waals surface area (Å²) in [4.78, 5) is 0. The molecule has 0 saturated heterocycles. The fraction of sp³-hybridized carbons (Fsp3) is 0.0556. The normalized spacial score (nSPS) is 11.4. The molecular weight excluding hydrogens is 464 g/mol. The van der Waals surface area contributed by atoms with Crippen LogP contribution in [0.1, 0.15) is 0 Å². The van der Waals surface area contributed by atoms with E-state index >= 15 is 0 Å². The van der Waals surface area contributed by atoms with Crippen LogP contribution in [-0.2, 0) is 0 Å². The molecule has 0 N–H and O–H groups in total. The summed E-state index contributed by atoms with van der Waals surface area (Å²) >= 11 is 0. The van der Waals surface area contributed by atoms with Gasteiger partial charge in [0.05, 0.1) is 14.2 Å². The van der Waals surface area contributed by atoms with Crippen molar-refractivity contribution in [2.45, 2.75) is 0 Å². The van der Waals surface area contributed by atoms with Gasteiger partial charge in [-0.05, 0) is 89.6 Å². The van der Waals surface area contributed by atoms with Crippen LogP contribution in [0.5, 0.6) is 11.5 Å². The van der Waals surface area contributed by atoms with E-state index in [1.807, 2.05) is 0 Å². The number of fused-ring (bicyclic) bond motifs is 4. The van der Waals surface area contributed by atoms with Crippen molar-refractivity contribution in [1.29, 1.82) is 0 Å². The minimum absolute atomic E-state index is 0.868. The zero-order valence-electron chi connectivity index (χ0n) is 21.4. The molecule has 0 saturated carbocycles. The van der Waals surface area contributed by atoms with Crippen molar-refractivity contribution in [3.05, 3.63) is 121 Å². The maximum atomic E-state index is 5.51. The summed E-state index contributed by atoms with van der Waals surface area (Å²) in [6, 6.07) is 43.4. The zero-order chi connectivity index (χ0) is 25.6. The lowest BCUT2D eigenvalue weighted by Crippen LogP contribution is -1.92. The average Bonchev–Trinajstić information content (AvgIpc) is 2.98. The highest BCUT2D eigenvalue weighted by Gasteiger charge is 2.19. The molecule has 0 spiro atoms. The van der Waals surface area contributed by atoms with Gasteiger partial charge in [0.1, 0.15) is 11.5 Å². The monoisotopic (exact) mass is 490 g/mol. The molecule has 7 aromatic rings. The molecule has 7 rings (SSSR count). The third-order valence-electron chi connectivity index (χ3n) is 7.65. The second-order valence-electron chi connectivity index (χ2n) is 9.63. The summed E-state index contributed by atoms with van der Waals surface area (Å²) in [5.41, 5.74) is 4.98. The van der Waals surface area contributed by atoms with Gasteiger partial charge in [0, 0.05) is 0 Å². The minimum atomic E-state index is 0.868. The Hall–Kier alpha value is -4.82. The Morgan fingerprint density at radius 1 is 0.368 bits per heavy atom. The predicted octanol–water partition coefficient (Wildman–Crippen LogP) is 9.65. The molecule has 0 amide bonds. The Bertz CT molecular complexity index is 1800. The lowest BCUT2D eigenvalue weighted by atomic mass is 9.84. The SMILES string of the molecule is COc1ccc2c(-c3c4ccccc4c(-c4cccc5cc(OC)ccc45)c4ccccc34)cccc2c1. The number of hydrogen-bond donors (Lipinski definition) is 0. The van der Waals surface area contributed by atoms with Crippen molar-refractivity contribution in [3.63, 3.8) is 0 Å². The van der Waals surface area contributed by atoms with E-state index in [0.29, 0.717) is 0 Å². The first-order chi connectivity index (χ1) is 18.8. The van der Waals surface area contributed by atoms with Gasteiger partial charge in [-0.25, -0.2) is 0 Å². The molecular formula is C36H26O2. The molecule has 0 fully saturated rings. The standard InChI is InChI=1S/C36H26O2/c1-37-25-17-19-27-23(21-25)9-7-15-29(27)35-31-11-3-5-13-33(31)36(34-14-6-4-12-32(34)35)30-16-8-10-24-22-26(38-2)18-20-28(24)30/h3-22H,1-2H3. The third kappa shape index (κ3) is 3.42. The van der Waals surface area contributed by atoms with Gasteiger partial charge in [0.2, 0.25) is 0 Å². The number of hydrogen-bond acceptors (Lipinski definition) is 2. The van der Waals surface area contributed by atoms with E-state index in [-0.39, 0.29) is 0 Å². The maximum absolute atomic E-state index is 5.51. The van der Waals surface area contributed by atoms with Crippen molar-refractivity contribution in [2.75, 3.05) is 14.2 Å². The van der Waals surface area contributed by atoms with Crippen LogP contribution < -0.4 is 9.47 Å². The van der Waals surface area contributed by atoms with Gasteiger partial charge in [-0.15, -0.1) is 0 Å². The highest BCUT2D eigenvalue weighted by atomic mass is 16.5. The van der Waals surface area contributed by atoms with Gasteiger partial charge < -0.3 is 9.47 Å². The van der Waals surface area contributed by atoms with Crippen LogP contribution in [0.15, 0.2) is 121 Å². The first kappa shape index (κ1) is 22.4. The zero-order valence-corrected chi connectivity index (χ0v) is 21.4. The van der Waals surface area contributed by atoms with E-state index < -0.39 is 0 Å². The first-order valence-corrected chi connectivity index (χ1v) is 12.8. The fourth-order valence-electron chi connectivity index (χ4n) is 5.92. The third-order valence-corrected chi connectivity index (χ3v) is 7.65. The Balaban J connectivity index is 1.63. The molecule has 0 radical (unpaired) electrons. The molecule has 7 aromatic carbocycles. The highest BCUT2D eigenvalue weighted by Crippen LogP contribution is 2.46. The van der Waals surface area contributed by atoms with Crippen LogP contribution in [0, 0.1) is 0 Å². The maximum Gasteiger partial charge on any atom is 0.119 e. The first-order valence-electron chi connectivity index (χ1n) is 12.8. The quantitative estimate of drug-likeness (QED) is 0.229. The fourth-order valence-corrected chi connectivity index (χ4v) is 5.92. The number of ether oxygens (including phenoxy) is 2. The van der Waals surface area contributed by atoms with E-state index in [9.17, 15) is 0 Å². The molecule has 0 aliphatic rings. The summed E-state index contributed by atoms with van der Waals surface area (Å²) < 4.78 is 11.0. The highest BCUT2D eigenvalue weighted by molar-refractivity contribution is 6.25. The van der Waals surface area contributed by atoms with Crippen LogP contribution in [0.25, 0.3) is 65.3 Å². The van der Waals surface area contributed by atoms with Crippen LogP contribution in [-0.4, -0.2) is 14.2 Å². The van der Waals surface area contributed by atoms with Gasteiger partial charge >= 0.3 is 0 Å². The molecule has 38 heavy (non-hydrogen) atoms. The van der Waals surface area contributed by atoms with Gasteiger partial charge in [0.25, 0.3) is 0 Å². The predicted molar refractivity (Wildman–Crippen MR) is 160 cm³/mol. The van der Waals surface area contributed by atoms with Crippen LogP contribution in [0.2, 0.25) is 0 Å². The Kier molecular flexibility index (Phi) is 5.26. The van der Waals surface area contributed by atoms with E-state index in [2.05, 4.69) is 121 Å². The van der Waals surface area contributed by atoms with Crippen LogP contribution >= 0.6 is 0 Å². The molecule has 0 atom stereocenters. The molecule has 0 aromatic heterocycles. The van der Waals surface area contributed by atoms with E-state index in [0.717, 1.165) is 11.5 Å². The number of rotatable bonds is 4. The average molecular weight is 491 g/mol. The molecule has 0 bridgehead atoms. The largest absolute Gasteiger partial charge is 0.497 e. The van der Waals surface area contributed by atoms with Crippen molar-refractivity contribution in [2.24, 2.45) is 0 Å². The smallest absolute Gasteiger partial charge is 0.119 e. The van der Waals surface area contributed by atoms with Crippen LogP contribution in [0.4, 0.5) is 0 Å². The lowest BCUT2D eigenvalue weighted by Gasteiger charge is -2.20. The van der Waals surface area contributed by atoms with E-state index in [4.69, 9.17) is 9.47 Å².